The highest BCUT2D eigenvalue weighted by molar-refractivity contribution is 5.94. The molecule has 0 atom stereocenters. The van der Waals surface area contributed by atoms with Gasteiger partial charge in [0.15, 0.2) is 0 Å². The number of benzene rings is 1. The minimum atomic E-state index is -0.734. The summed E-state index contributed by atoms with van der Waals surface area (Å²) in [6.07, 6.45) is 1.82. The van der Waals surface area contributed by atoms with Crippen LogP contribution >= 0.6 is 0 Å². The molecular weight excluding hydrogens is 252 g/mol. The molecule has 1 aliphatic rings. The van der Waals surface area contributed by atoms with Crippen LogP contribution in [0.15, 0.2) is 18.2 Å². The number of hydrogen-bond acceptors (Lipinski definition) is 2. The topological polar surface area (TPSA) is 29.5 Å². The van der Waals surface area contributed by atoms with E-state index in [1.54, 1.807) is 7.05 Å². The summed E-state index contributed by atoms with van der Waals surface area (Å²) in [5, 5.41) is 0. The van der Waals surface area contributed by atoms with Gasteiger partial charge in [0.1, 0.15) is 11.6 Å². The van der Waals surface area contributed by atoms with Gasteiger partial charge < -0.3 is 9.64 Å². The molecule has 1 saturated heterocycles. The maximum atomic E-state index is 13.1. The number of nitrogens with zero attached hydrogens (tertiary/aromatic N) is 1. The molecule has 0 aliphatic carbocycles. The fourth-order valence-corrected chi connectivity index (χ4v) is 2.30. The van der Waals surface area contributed by atoms with Crippen molar-refractivity contribution in [2.45, 2.75) is 12.8 Å². The summed E-state index contributed by atoms with van der Waals surface area (Å²) in [5.41, 5.74) is 0.0482. The average molecular weight is 269 g/mol. The van der Waals surface area contributed by atoms with Crippen LogP contribution in [0.4, 0.5) is 8.78 Å². The van der Waals surface area contributed by atoms with Crippen LogP contribution in [-0.4, -0.2) is 37.6 Å². The van der Waals surface area contributed by atoms with Crippen LogP contribution in [0.3, 0.4) is 0 Å². The van der Waals surface area contributed by atoms with Crippen molar-refractivity contribution in [3.05, 3.63) is 35.4 Å². The molecule has 0 spiro atoms. The summed E-state index contributed by atoms with van der Waals surface area (Å²) >= 11 is 0. The summed E-state index contributed by atoms with van der Waals surface area (Å²) in [6.45, 7) is 2.00. The molecule has 1 amide bonds. The molecule has 0 radical (unpaired) electrons. The van der Waals surface area contributed by atoms with E-state index in [4.69, 9.17) is 4.74 Å². The van der Waals surface area contributed by atoms with Crippen molar-refractivity contribution in [1.82, 2.24) is 4.90 Å². The third-order valence-corrected chi connectivity index (χ3v) is 3.33. The van der Waals surface area contributed by atoms with Gasteiger partial charge in [0.05, 0.1) is 0 Å². The second-order valence-electron chi connectivity index (χ2n) is 4.90. The first-order valence-corrected chi connectivity index (χ1v) is 6.35. The van der Waals surface area contributed by atoms with E-state index in [0.29, 0.717) is 25.7 Å². The van der Waals surface area contributed by atoms with Crippen molar-refractivity contribution in [3.63, 3.8) is 0 Å². The van der Waals surface area contributed by atoms with Gasteiger partial charge in [-0.1, -0.05) is 0 Å². The number of carbonyl (C=O) groups excluding carboxylic acids is 1. The van der Waals surface area contributed by atoms with Gasteiger partial charge in [0.2, 0.25) is 0 Å². The normalized spacial score (nSPS) is 16.4. The molecule has 1 aromatic carbocycles. The van der Waals surface area contributed by atoms with Gasteiger partial charge in [-0.15, -0.1) is 0 Å². The number of hydrogen-bond donors (Lipinski definition) is 0. The Hall–Kier alpha value is -1.49. The van der Waals surface area contributed by atoms with Gasteiger partial charge >= 0.3 is 0 Å². The predicted octanol–water partition coefficient (Wildman–Crippen LogP) is 2.46. The van der Waals surface area contributed by atoms with Crippen LogP contribution < -0.4 is 0 Å². The molecule has 3 nitrogen and oxygen atoms in total. The maximum absolute atomic E-state index is 13.1. The minimum absolute atomic E-state index is 0.0482. The molecule has 1 aromatic rings. The van der Waals surface area contributed by atoms with Crippen LogP contribution in [0.1, 0.15) is 23.2 Å². The smallest absolute Gasteiger partial charge is 0.253 e. The first-order chi connectivity index (χ1) is 9.06. The van der Waals surface area contributed by atoms with Crippen molar-refractivity contribution >= 4 is 5.91 Å². The van der Waals surface area contributed by atoms with Crippen molar-refractivity contribution < 1.29 is 18.3 Å². The molecule has 104 valence electrons. The summed E-state index contributed by atoms with van der Waals surface area (Å²) in [6, 6.07) is 2.88. The number of ether oxygens (including phenoxy) is 1. The zero-order valence-corrected chi connectivity index (χ0v) is 10.9. The molecule has 2 rings (SSSR count). The molecular formula is C14H17F2NO2. The van der Waals surface area contributed by atoms with Gasteiger partial charge in [-0.05, 0) is 30.9 Å². The zero-order valence-electron chi connectivity index (χ0n) is 10.9. The average Bonchev–Trinajstić information content (AvgIpc) is 2.37. The predicted molar refractivity (Wildman–Crippen MR) is 66.9 cm³/mol. The van der Waals surface area contributed by atoms with Crippen LogP contribution in [0.2, 0.25) is 0 Å². The third kappa shape index (κ3) is 3.73. The highest BCUT2D eigenvalue weighted by Crippen LogP contribution is 2.17. The highest BCUT2D eigenvalue weighted by atomic mass is 19.1. The fourth-order valence-electron chi connectivity index (χ4n) is 2.30. The molecule has 5 heteroatoms. The Labute approximate surface area is 111 Å². The summed E-state index contributed by atoms with van der Waals surface area (Å²) in [5.74, 6) is -1.43. The van der Waals surface area contributed by atoms with Crippen LogP contribution in [0.5, 0.6) is 0 Å². The number of halogens is 2. The van der Waals surface area contributed by atoms with E-state index in [-0.39, 0.29) is 11.5 Å². The Balaban J connectivity index is 2.01. The summed E-state index contributed by atoms with van der Waals surface area (Å²) in [7, 11) is 1.65. The largest absolute Gasteiger partial charge is 0.381 e. The van der Waals surface area contributed by atoms with E-state index in [1.165, 1.54) is 4.90 Å². The third-order valence-electron chi connectivity index (χ3n) is 3.33. The van der Waals surface area contributed by atoms with E-state index in [9.17, 15) is 13.6 Å². The second kappa shape index (κ2) is 6.10. The monoisotopic (exact) mass is 269 g/mol. The van der Waals surface area contributed by atoms with Gasteiger partial charge in [-0.2, -0.15) is 0 Å². The maximum Gasteiger partial charge on any atom is 0.253 e. The molecule has 19 heavy (non-hydrogen) atoms. The molecule has 0 aromatic heterocycles. The minimum Gasteiger partial charge on any atom is -0.381 e. The van der Waals surface area contributed by atoms with Gasteiger partial charge in [-0.25, -0.2) is 8.78 Å². The van der Waals surface area contributed by atoms with Gasteiger partial charge in [0.25, 0.3) is 5.91 Å². The molecule has 0 N–H and O–H groups in total. The van der Waals surface area contributed by atoms with Crippen molar-refractivity contribution in [3.8, 4) is 0 Å². The van der Waals surface area contributed by atoms with Crippen molar-refractivity contribution in [2.24, 2.45) is 5.92 Å². The number of carbonyl (C=O) groups is 1. The van der Waals surface area contributed by atoms with Gasteiger partial charge in [-0.3, -0.25) is 4.79 Å². The Morgan fingerprint density at radius 1 is 1.26 bits per heavy atom. The summed E-state index contributed by atoms with van der Waals surface area (Å²) in [4.78, 5) is 13.6. The molecule has 1 fully saturated rings. The Morgan fingerprint density at radius 3 is 2.42 bits per heavy atom. The number of amides is 1. The first-order valence-electron chi connectivity index (χ1n) is 6.35. The van der Waals surface area contributed by atoms with E-state index < -0.39 is 11.6 Å². The molecule has 1 heterocycles. The SMILES string of the molecule is CN(CC1CCOCC1)C(=O)c1cc(F)cc(F)c1. The molecule has 0 unspecified atom stereocenters. The highest BCUT2D eigenvalue weighted by Gasteiger charge is 2.20. The van der Waals surface area contributed by atoms with E-state index in [0.717, 1.165) is 31.0 Å². The molecule has 1 aliphatic heterocycles. The lowest BCUT2D eigenvalue weighted by atomic mass is 9.99. The zero-order chi connectivity index (χ0) is 13.8. The van der Waals surface area contributed by atoms with E-state index >= 15 is 0 Å². The standard InChI is InChI=1S/C14H17F2NO2/c1-17(9-10-2-4-19-5-3-10)14(18)11-6-12(15)8-13(16)7-11/h6-8,10H,2-5,9H2,1H3. The van der Waals surface area contributed by atoms with Gasteiger partial charge in [0, 0.05) is 38.4 Å². The van der Waals surface area contributed by atoms with E-state index in [2.05, 4.69) is 0 Å². The molecule has 0 saturated carbocycles. The van der Waals surface area contributed by atoms with Crippen molar-refractivity contribution in [1.29, 1.82) is 0 Å². The Bertz CT molecular complexity index is 439. The molecule has 0 bridgehead atoms. The Morgan fingerprint density at radius 2 is 1.84 bits per heavy atom. The lowest BCUT2D eigenvalue weighted by Gasteiger charge is -2.27. The van der Waals surface area contributed by atoms with Crippen LogP contribution in [0.25, 0.3) is 0 Å². The fraction of sp³-hybridized carbons (Fsp3) is 0.500. The van der Waals surface area contributed by atoms with Crippen LogP contribution in [-0.2, 0) is 4.74 Å². The van der Waals surface area contributed by atoms with Crippen molar-refractivity contribution in [2.75, 3.05) is 26.8 Å². The lowest BCUT2D eigenvalue weighted by Crippen LogP contribution is -2.34. The lowest BCUT2D eigenvalue weighted by molar-refractivity contribution is 0.0497. The Kier molecular flexibility index (Phi) is 4.47. The second-order valence-corrected chi connectivity index (χ2v) is 4.90. The summed E-state index contributed by atoms with van der Waals surface area (Å²) < 4.78 is 31.4. The quantitative estimate of drug-likeness (QED) is 0.843. The van der Waals surface area contributed by atoms with Crippen LogP contribution in [0, 0.1) is 17.6 Å². The number of rotatable bonds is 3. The first kappa shape index (κ1) is 13.9. The van der Waals surface area contributed by atoms with E-state index in [1.807, 2.05) is 0 Å².